The number of ether oxygens (including phenoxy) is 1. The first-order chi connectivity index (χ1) is 18.1. The highest BCUT2D eigenvalue weighted by Crippen LogP contribution is 2.35. The van der Waals surface area contributed by atoms with E-state index in [4.69, 9.17) is 4.74 Å². The van der Waals surface area contributed by atoms with E-state index in [2.05, 4.69) is 15.4 Å². The Kier molecular flexibility index (Phi) is 7.84. The van der Waals surface area contributed by atoms with Gasteiger partial charge in [-0.1, -0.05) is 49.7 Å². The third-order valence-corrected chi connectivity index (χ3v) is 8.53. The first kappa shape index (κ1) is 27.3. The highest BCUT2D eigenvalue weighted by molar-refractivity contribution is 7.89. The first-order valence-corrected chi connectivity index (χ1v) is 13.9. The molecule has 0 saturated carbocycles. The second-order valence-corrected chi connectivity index (χ2v) is 11.0. The fourth-order valence-corrected chi connectivity index (χ4v) is 6.09. The molecule has 2 aromatic heterocycles. The van der Waals surface area contributed by atoms with Crippen molar-refractivity contribution in [2.24, 2.45) is 0 Å². The third kappa shape index (κ3) is 5.14. The SMILES string of the molecule is CCN(CC)S(=O)(=O)c1cc(-c2c(C(=O)NCc3ccc(C)cc3)nn3c(C)cc(C)nc23)ccc1OC. The summed E-state index contributed by atoms with van der Waals surface area (Å²) in [7, 11) is -2.42. The van der Waals surface area contributed by atoms with Crippen LogP contribution in [-0.2, 0) is 16.6 Å². The van der Waals surface area contributed by atoms with Crippen LogP contribution in [0.15, 0.2) is 53.4 Å². The fourth-order valence-electron chi connectivity index (χ4n) is 4.45. The Bertz CT molecular complexity index is 1590. The maximum atomic E-state index is 13.5. The molecule has 0 aliphatic heterocycles. The summed E-state index contributed by atoms with van der Waals surface area (Å²) < 4.78 is 35.4. The number of hydrogen-bond acceptors (Lipinski definition) is 6. The van der Waals surface area contributed by atoms with Gasteiger partial charge in [-0.25, -0.2) is 17.9 Å². The number of sulfonamides is 1. The predicted octanol–water partition coefficient (Wildman–Crippen LogP) is 4.29. The predicted molar refractivity (Wildman–Crippen MR) is 147 cm³/mol. The van der Waals surface area contributed by atoms with Gasteiger partial charge < -0.3 is 10.1 Å². The van der Waals surface area contributed by atoms with Gasteiger partial charge >= 0.3 is 0 Å². The normalized spacial score (nSPS) is 11.8. The molecule has 0 saturated heterocycles. The number of aryl methyl sites for hydroxylation is 3. The van der Waals surface area contributed by atoms with Gasteiger partial charge in [-0.05, 0) is 50.1 Å². The lowest BCUT2D eigenvalue weighted by Crippen LogP contribution is -2.31. The number of nitrogens with zero attached hydrogens (tertiary/aromatic N) is 4. The van der Waals surface area contributed by atoms with Crippen LogP contribution in [0.2, 0.25) is 0 Å². The van der Waals surface area contributed by atoms with E-state index in [1.165, 1.54) is 11.4 Å². The highest BCUT2D eigenvalue weighted by atomic mass is 32.2. The Balaban J connectivity index is 1.88. The van der Waals surface area contributed by atoms with Crippen molar-refractivity contribution < 1.29 is 17.9 Å². The van der Waals surface area contributed by atoms with E-state index in [-0.39, 0.29) is 22.2 Å². The van der Waals surface area contributed by atoms with Crippen molar-refractivity contribution in [2.75, 3.05) is 20.2 Å². The lowest BCUT2D eigenvalue weighted by Gasteiger charge is -2.20. The summed E-state index contributed by atoms with van der Waals surface area (Å²) in [5.41, 5.74) is 5.24. The molecular weight excluding hydrogens is 502 g/mol. The van der Waals surface area contributed by atoms with E-state index in [1.807, 2.05) is 51.1 Å². The maximum Gasteiger partial charge on any atom is 0.272 e. The molecule has 0 aliphatic rings. The zero-order valence-electron chi connectivity index (χ0n) is 22.6. The van der Waals surface area contributed by atoms with Crippen molar-refractivity contribution in [1.29, 1.82) is 0 Å². The number of hydrogen-bond donors (Lipinski definition) is 1. The average molecular weight is 536 g/mol. The largest absolute Gasteiger partial charge is 0.495 e. The molecule has 0 bridgehead atoms. The molecule has 1 amide bonds. The van der Waals surface area contributed by atoms with E-state index in [9.17, 15) is 13.2 Å². The van der Waals surface area contributed by atoms with Gasteiger partial charge in [0.05, 0.1) is 12.7 Å². The van der Waals surface area contributed by atoms with Gasteiger partial charge in [0.2, 0.25) is 10.0 Å². The Morgan fingerprint density at radius 2 is 1.71 bits per heavy atom. The number of carbonyl (C=O) groups excluding carboxylic acids is 1. The van der Waals surface area contributed by atoms with E-state index < -0.39 is 10.0 Å². The summed E-state index contributed by atoms with van der Waals surface area (Å²) in [6.45, 7) is 10.3. The number of nitrogens with one attached hydrogen (secondary N) is 1. The monoisotopic (exact) mass is 535 g/mol. The molecule has 1 N–H and O–H groups in total. The van der Waals surface area contributed by atoms with Gasteiger partial charge in [-0.2, -0.15) is 9.40 Å². The molecule has 0 unspecified atom stereocenters. The summed E-state index contributed by atoms with van der Waals surface area (Å²) in [4.78, 5) is 18.2. The van der Waals surface area contributed by atoms with Crippen molar-refractivity contribution >= 4 is 21.6 Å². The number of carbonyl (C=O) groups is 1. The summed E-state index contributed by atoms with van der Waals surface area (Å²) in [5, 5.41) is 7.56. The van der Waals surface area contributed by atoms with Crippen LogP contribution in [0.5, 0.6) is 5.75 Å². The number of methoxy groups -OCH3 is 1. The fraction of sp³-hybridized carbons (Fsp3) is 0.321. The van der Waals surface area contributed by atoms with Gasteiger partial charge in [0, 0.05) is 31.0 Å². The molecule has 4 rings (SSSR count). The molecule has 38 heavy (non-hydrogen) atoms. The standard InChI is InChI=1S/C28H33N5O4S/c1-7-32(8-2)38(35,36)24-16-22(13-14-23(24)37-6)25-26(31-33-20(5)15-19(4)30-27(25)33)28(34)29-17-21-11-9-18(3)10-12-21/h9-16H,7-8,17H2,1-6H3,(H,29,34). The number of benzene rings is 2. The second-order valence-electron chi connectivity index (χ2n) is 9.12. The van der Waals surface area contributed by atoms with Gasteiger partial charge in [-0.3, -0.25) is 4.79 Å². The van der Waals surface area contributed by atoms with Crippen LogP contribution in [0.4, 0.5) is 0 Å². The molecule has 10 heteroatoms. The smallest absolute Gasteiger partial charge is 0.272 e. The molecule has 2 heterocycles. The van der Waals surface area contributed by atoms with E-state index in [1.54, 1.807) is 36.6 Å². The van der Waals surface area contributed by atoms with Gasteiger partial charge in [0.25, 0.3) is 5.91 Å². The first-order valence-electron chi connectivity index (χ1n) is 12.5. The van der Waals surface area contributed by atoms with Crippen LogP contribution >= 0.6 is 0 Å². The van der Waals surface area contributed by atoms with E-state index >= 15 is 0 Å². The van der Waals surface area contributed by atoms with Crippen molar-refractivity contribution in [2.45, 2.75) is 46.1 Å². The van der Waals surface area contributed by atoms with E-state index in [0.717, 1.165) is 22.5 Å². The molecule has 9 nitrogen and oxygen atoms in total. The van der Waals surface area contributed by atoms with Crippen LogP contribution < -0.4 is 10.1 Å². The van der Waals surface area contributed by atoms with Gasteiger partial charge in [-0.15, -0.1) is 0 Å². The van der Waals surface area contributed by atoms with Crippen LogP contribution in [0, 0.1) is 20.8 Å². The number of rotatable bonds is 9. The van der Waals surface area contributed by atoms with E-state index in [0.29, 0.717) is 36.4 Å². The van der Waals surface area contributed by atoms with Crippen molar-refractivity contribution in [3.05, 3.63) is 76.7 Å². The van der Waals surface area contributed by atoms with Crippen molar-refractivity contribution in [3.63, 3.8) is 0 Å². The topological polar surface area (TPSA) is 106 Å². The highest BCUT2D eigenvalue weighted by Gasteiger charge is 2.29. The zero-order valence-corrected chi connectivity index (χ0v) is 23.4. The lowest BCUT2D eigenvalue weighted by molar-refractivity contribution is 0.0946. The molecule has 0 radical (unpaired) electrons. The minimum Gasteiger partial charge on any atom is -0.495 e. The number of aromatic nitrogens is 3. The molecule has 0 spiro atoms. The maximum absolute atomic E-state index is 13.5. The Morgan fingerprint density at radius 1 is 1.03 bits per heavy atom. The molecule has 200 valence electrons. The zero-order chi connectivity index (χ0) is 27.6. The molecule has 0 fully saturated rings. The van der Waals surface area contributed by atoms with Gasteiger partial charge in [0.15, 0.2) is 11.3 Å². The van der Waals surface area contributed by atoms with Gasteiger partial charge in [0.1, 0.15) is 10.6 Å². The third-order valence-electron chi connectivity index (χ3n) is 6.46. The summed E-state index contributed by atoms with van der Waals surface area (Å²) in [6.07, 6.45) is 0. The minimum atomic E-state index is -3.85. The number of amides is 1. The lowest BCUT2D eigenvalue weighted by atomic mass is 10.0. The molecule has 4 aromatic rings. The molecule has 0 aliphatic carbocycles. The summed E-state index contributed by atoms with van der Waals surface area (Å²) >= 11 is 0. The average Bonchev–Trinajstić information content (AvgIpc) is 3.28. The Morgan fingerprint density at radius 3 is 2.34 bits per heavy atom. The van der Waals surface area contributed by atoms with Crippen LogP contribution in [0.25, 0.3) is 16.8 Å². The Labute approximate surface area is 223 Å². The van der Waals surface area contributed by atoms with Crippen LogP contribution in [0.1, 0.15) is 46.9 Å². The Hall–Kier alpha value is -3.76. The second kappa shape index (κ2) is 10.9. The van der Waals surface area contributed by atoms with Crippen LogP contribution in [0.3, 0.4) is 0 Å². The molecule has 0 atom stereocenters. The molecular formula is C28H33N5O4S. The number of fused-ring (bicyclic) bond motifs is 1. The minimum absolute atomic E-state index is 0.0240. The van der Waals surface area contributed by atoms with Crippen LogP contribution in [-0.4, -0.2) is 53.4 Å². The summed E-state index contributed by atoms with van der Waals surface area (Å²) in [5.74, 6) is -0.157. The van der Waals surface area contributed by atoms with Crippen molar-refractivity contribution in [1.82, 2.24) is 24.2 Å². The summed E-state index contributed by atoms with van der Waals surface area (Å²) in [6, 6.07) is 14.7. The molecule has 2 aromatic carbocycles. The van der Waals surface area contributed by atoms with Crippen molar-refractivity contribution in [3.8, 4) is 16.9 Å². The quantitative estimate of drug-likeness (QED) is 0.343.